The molecule has 0 aliphatic rings. The fourth-order valence-electron chi connectivity index (χ4n) is 5.24. The maximum atomic E-state index is 13.4. The van der Waals surface area contributed by atoms with E-state index >= 15 is 0 Å². The summed E-state index contributed by atoms with van der Waals surface area (Å²) in [5, 5.41) is 66.0. The predicted octanol–water partition coefficient (Wildman–Crippen LogP) is -0.781. The first-order chi connectivity index (χ1) is 27.7. The summed E-state index contributed by atoms with van der Waals surface area (Å²) in [4.78, 5) is 94.7. The molecule has 59 heavy (non-hydrogen) atoms. The SMILES string of the molecule is CC(=O)O.CC(=O)O.CCCCCCCCCCCC(=O)N[C@@H](CCCCN)C(=O)N[C@H](C(=O)N[C@H](C(=O)N[C@@H](CCCN)C(=O)N[C@@H](CO)C(=O)O)[C@@H](C)O)[C@@H](C)O. The lowest BCUT2D eigenvalue weighted by Gasteiger charge is -2.29. The van der Waals surface area contributed by atoms with Gasteiger partial charge in [-0.15, -0.1) is 0 Å². The van der Waals surface area contributed by atoms with Crippen molar-refractivity contribution in [2.24, 2.45) is 11.5 Å². The lowest BCUT2D eigenvalue weighted by Crippen LogP contribution is -2.62. The maximum absolute atomic E-state index is 13.4. The fraction of sp³-hybridized carbons (Fsp3) is 0.789. The number of unbranched alkanes of at least 4 members (excludes halogenated alkanes) is 9. The van der Waals surface area contributed by atoms with Crippen molar-refractivity contribution in [2.45, 2.75) is 173 Å². The van der Waals surface area contributed by atoms with Gasteiger partial charge in [-0.2, -0.15) is 0 Å². The number of nitrogens with one attached hydrogen (secondary N) is 5. The van der Waals surface area contributed by atoms with Crippen molar-refractivity contribution >= 4 is 47.4 Å². The minimum Gasteiger partial charge on any atom is -0.481 e. The summed E-state index contributed by atoms with van der Waals surface area (Å²) in [7, 11) is 0. The van der Waals surface area contributed by atoms with Crippen LogP contribution in [-0.2, 0) is 38.4 Å². The number of carbonyl (C=O) groups excluding carboxylic acids is 5. The van der Waals surface area contributed by atoms with Crippen LogP contribution in [-0.4, -0.2) is 140 Å². The predicted molar refractivity (Wildman–Crippen MR) is 217 cm³/mol. The van der Waals surface area contributed by atoms with Crippen molar-refractivity contribution in [1.82, 2.24) is 26.6 Å². The van der Waals surface area contributed by atoms with E-state index in [1.807, 2.05) is 0 Å². The topological polar surface area (TPSA) is 370 Å². The van der Waals surface area contributed by atoms with E-state index in [2.05, 4.69) is 33.5 Å². The van der Waals surface area contributed by atoms with E-state index in [-0.39, 0.29) is 38.1 Å². The smallest absolute Gasteiger partial charge is 0.328 e. The van der Waals surface area contributed by atoms with Crippen LogP contribution in [0.2, 0.25) is 0 Å². The van der Waals surface area contributed by atoms with Crippen LogP contribution in [0.15, 0.2) is 0 Å². The number of amides is 5. The van der Waals surface area contributed by atoms with Gasteiger partial charge in [-0.3, -0.25) is 33.6 Å². The quantitative estimate of drug-likeness (QED) is 0.0394. The molecule has 7 atom stereocenters. The largest absolute Gasteiger partial charge is 0.481 e. The molecule has 344 valence electrons. The number of aliphatic hydroxyl groups excluding tert-OH is 3. The molecular weight excluding hydrogens is 778 g/mol. The van der Waals surface area contributed by atoms with Gasteiger partial charge in [-0.1, -0.05) is 58.3 Å². The molecule has 0 saturated carbocycles. The van der Waals surface area contributed by atoms with Crippen LogP contribution in [0.1, 0.15) is 131 Å². The first-order valence-corrected chi connectivity index (χ1v) is 20.2. The van der Waals surface area contributed by atoms with Crippen LogP contribution in [0.5, 0.6) is 0 Å². The molecule has 15 N–H and O–H groups in total. The van der Waals surface area contributed by atoms with E-state index in [0.29, 0.717) is 25.8 Å². The first-order valence-electron chi connectivity index (χ1n) is 20.2. The molecule has 0 aromatic rings. The molecule has 0 heterocycles. The normalized spacial score (nSPS) is 14.1. The van der Waals surface area contributed by atoms with Crippen LogP contribution in [0.4, 0.5) is 0 Å². The monoisotopic (exact) mass is 852 g/mol. The number of carboxylic acid groups (broad SMARTS) is 3. The maximum Gasteiger partial charge on any atom is 0.328 e. The second kappa shape index (κ2) is 36.6. The third-order valence-electron chi connectivity index (χ3n) is 8.36. The summed E-state index contributed by atoms with van der Waals surface area (Å²) < 4.78 is 0. The molecule has 0 aliphatic carbocycles. The van der Waals surface area contributed by atoms with Gasteiger partial charge in [-0.05, 0) is 65.5 Å². The second-order valence-corrected chi connectivity index (χ2v) is 14.0. The van der Waals surface area contributed by atoms with Gasteiger partial charge in [0.05, 0.1) is 18.8 Å². The molecule has 0 rings (SSSR count). The van der Waals surface area contributed by atoms with E-state index in [4.69, 9.17) is 36.4 Å². The molecule has 0 aromatic carbocycles. The van der Waals surface area contributed by atoms with Crippen molar-refractivity contribution < 1.29 is 69.0 Å². The van der Waals surface area contributed by atoms with Crippen molar-refractivity contribution in [1.29, 1.82) is 0 Å². The van der Waals surface area contributed by atoms with Crippen molar-refractivity contribution in [3.05, 3.63) is 0 Å². The third-order valence-corrected chi connectivity index (χ3v) is 8.36. The van der Waals surface area contributed by atoms with Gasteiger partial charge in [0, 0.05) is 20.3 Å². The highest BCUT2D eigenvalue weighted by Crippen LogP contribution is 2.11. The molecule has 21 nitrogen and oxygen atoms in total. The first kappa shape index (κ1) is 58.9. The summed E-state index contributed by atoms with van der Waals surface area (Å²) in [6.45, 7) is 6.36. The van der Waals surface area contributed by atoms with E-state index < -0.39 is 90.6 Å². The van der Waals surface area contributed by atoms with Gasteiger partial charge in [0.1, 0.15) is 30.2 Å². The molecule has 0 bridgehead atoms. The molecule has 5 amide bonds. The molecular formula is C38H73N7O14. The zero-order valence-electron chi connectivity index (χ0n) is 35.4. The Kier molecular flexibility index (Phi) is 36.5. The summed E-state index contributed by atoms with van der Waals surface area (Å²) in [6, 6.07) is -7.28. The Morgan fingerprint density at radius 2 is 0.881 bits per heavy atom. The minimum absolute atomic E-state index is 0.0327. The average molecular weight is 852 g/mol. The van der Waals surface area contributed by atoms with E-state index in [9.17, 15) is 44.1 Å². The summed E-state index contributed by atoms with van der Waals surface area (Å²) in [5.74, 6) is -7.22. The number of rotatable bonds is 30. The van der Waals surface area contributed by atoms with E-state index in [0.717, 1.165) is 33.1 Å². The lowest BCUT2D eigenvalue weighted by molar-refractivity contribution is -0.143. The Morgan fingerprint density at radius 1 is 0.508 bits per heavy atom. The summed E-state index contributed by atoms with van der Waals surface area (Å²) >= 11 is 0. The van der Waals surface area contributed by atoms with Crippen LogP contribution in [0.25, 0.3) is 0 Å². The highest BCUT2D eigenvalue weighted by atomic mass is 16.4. The Hall–Kier alpha value is -4.44. The van der Waals surface area contributed by atoms with Crippen LogP contribution >= 0.6 is 0 Å². The van der Waals surface area contributed by atoms with Gasteiger partial charge in [-0.25, -0.2) is 4.79 Å². The fourth-order valence-corrected chi connectivity index (χ4v) is 5.24. The summed E-state index contributed by atoms with van der Waals surface area (Å²) in [5.41, 5.74) is 11.1. The molecule has 0 spiro atoms. The highest BCUT2D eigenvalue weighted by Gasteiger charge is 2.35. The Bertz CT molecular complexity index is 1220. The molecule has 0 unspecified atom stereocenters. The Labute approximate surface area is 347 Å². The molecule has 0 saturated heterocycles. The number of hydrogen-bond donors (Lipinski definition) is 13. The van der Waals surface area contributed by atoms with Gasteiger partial charge in [0.15, 0.2) is 0 Å². The van der Waals surface area contributed by atoms with E-state index in [1.54, 1.807) is 0 Å². The molecule has 21 heteroatoms. The van der Waals surface area contributed by atoms with Crippen LogP contribution in [0, 0.1) is 0 Å². The lowest BCUT2D eigenvalue weighted by atomic mass is 10.0. The number of nitrogens with two attached hydrogens (primary N) is 2. The third kappa shape index (κ3) is 33.1. The zero-order valence-corrected chi connectivity index (χ0v) is 35.4. The Morgan fingerprint density at radius 3 is 1.31 bits per heavy atom. The number of aliphatic hydroxyl groups is 3. The number of carboxylic acids is 3. The summed E-state index contributed by atoms with van der Waals surface area (Å²) in [6.07, 6.45) is 8.50. The van der Waals surface area contributed by atoms with Gasteiger partial charge < -0.3 is 68.7 Å². The highest BCUT2D eigenvalue weighted by molar-refractivity contribution is 5.96. The van der Waals surface area contributed by atoms with E-state index in [1.165, 1.54) is 46.0 Å². The van der Waals surface area contributed by atoms with Gasteiger partial charge in [0.25, 0.3) is 11.9 Å². The standard InChI is InChI=1S/C34H65N7O10.2C2H4O2/c1-4-5-6-7-8-9-10-11-12-18-27(45)37-24(16-13-14-19-35)31(47)40-29(23(3)44)33(49)41-28(22(2)43)32(48)38-25(17-15-20-36)30(46)39-26(21-42)34(50)51;2*1-2(3)4/h22-26,28-29,42-44H,4-21,35-36H2,1-3H3,(H,37,45)(H,38,48)(H,39,46)(H,40,47)(H,41,49)(H,50,51);2*1H3,(H,3,4)/t22-,23-,24+,25+,26+,28+,29+;;/m1../s1. The molecule has 0 aromatic heterocycles. The van der Waals surface area contributed by atoms with Gasteiger partial charge >= 0.3 is 5.97 Å². The van der Waals surface area contributed by atoms with Crippen LogP contribution in [0.3, 0.4) is 0 Å². The van der Waals surface area contributed by atoms with Crippen molar-refractivity contribution in [2.75, 3.05) is 19.7 Å². The number of aliphatic carboxylic acids is 3. The second-order valence-electron chi connectivity index (χ2n) is 14.0. The molecule has 0 fully saturated rings. The zero-order chi connectivity index (χ0) is 45.9. The Balaban J connectivity index is -0.00000356. The number of hydrogen-bond acceptors (Lipinski definition) is 13. The van der Waals surface area contributed by atoms with Crippen molar-refractivity contribution in [3.63, 3.8) is 0 Å². The van der Waals surface area contributed by atoms with Crippen LogP contribution < -0.4 is 38.1 Å². The minimum atomic E-state index is -1.67. The molecule has 0 radical (unpaired) electrons. The number of carbonyl (C=O) groups is 8. The van der Waals surface area contributed by atoms with Crippen molar-refractivity contribution in [3.8, 4) is 0 Å². The van der Waals surface area contributed by atoms with Gasteiger partial charge in [0.2, 0.25) is 29.5 Å². The molecule has 0 aliphatic heterocycles. The average Bonchev–Trinajstić information content (AvgIpc) is 3.14.